The lowest BCUT2D eigenvalue weighted by molar-refractivity contribution is -0.137. The average Bonchev–Trinajstić information content (AvgIpc) is 2.15. The number of carboxylic acids is 1. The second kappa shape index (κ2) is 6.47. The highest BCUT2D eigenvalue weighted by Crippen LogP contribution is 2.13. The van der Waals surface area contributed by atoms with Gasteiger partial charge in [-0.3, -0.25) is 9.00 Å². The lowest BCUT2D eigenvalue weighted by Gasteiger charge is -2.30. The number of hydrogen-bond acceptors (Lipinski definition) is 4. The van der Waals surface area contributed by atoms with E-state index >= 15 is 0 Å². The maximum Gasteiger partial charge on any atom is 0.319 e. The van der Waals surface area contributed by atoms with Crippen LogP contribution in [0.15, 0.2) is 0 Å². The molecule has 6 heteroatoms. The first kappa shape index (κ1) is 14.6. The van der Waals surface area contributed by atoms with E-state index < -0.39 is 22.0 Å². The van der Waals surface area contributed by atoms with E-state index in [1.54, 1.807) is 13.8 Å². The normalized spacial score (nSPS) is 25.8. The van der Waals surface area contributed by atoms with Gasteiger partial charge in [0.1, 0.15) is 5.25 Å². The van der Waals surface area contributed by atoms with Crippen molar-refractivity contribution in [3.05, 3.63) is 0 Å². The molecule has 1 rings (SSSR count). The number of carbonyl (C=O) groups is 1. The van der Waals surface area contributed by atoms with Crippen LogP contribution in [0.2, 0.25) is 0 Å². The zero-order chi connectivity index (χ0) is 13.0. The van der Waals surface area contributed by atoms with Gasteiger partial charge < -0.3 is 14.7 Å². The molecule has 0 bridgehead atoms. The minimum absolute atomic E-state index is 0.116. The average molecular weight is 263 g/mol. The van der Waals surface area contributed by atoms with E-state index in [2.05, 4.69) is 4.90 Å². The molecule has 3 atom stereocenters. The van der Waals surface area contributed by atoms with Gasteiger partial charge in [-0.15, -0.1) is 0 Å². The van der Waals surface area contributed by atoms with Crippen LogP contribution in [-0.4, -0.2) is 64.0 Å². The Morgan fingerprint density at radius 3 is 2.71 bits per heavy atom. The minimum atomic E-state index is -1.38. The number of nitrogens with zero attached hydrogens (tertiary/aromatic N) is 1. The highest BCUT2D eigenvalue weighted by atomic mass is 32.2. The molecule has 5 nitrogen and oxygen atoms in total. The van der Waals surface area contributed by atoms with Crippen molar-refractivity contribution >= 4 is 16.8 Å². The van der Waals surface area contributed by atoms with E-state index in [1.165, 1.54) is 0 Å². The topological polar surface area (TPSA) is 66.8 Å². The SMILES string of the molecule is CC(C)C(C(=O)O)S(=O)CC1CN(C)CCO1. The first-order chi connectivity index (χ1) is 7.91. The molecule has 1 N–H and O–H groups in total. The van der Waals surface area contributed by atoms with Crippen LogP contribution in [0.3, 0.4) is 0 Å². The molecule has 1 saturated heterocycles. The molecular weight excluding hydrogens is 242 g/mol. The number of morpholine rings is 1. The molecule has 0 radical (unpaired) electrons. The van der Waals surface area contributed by atoms with Gasteiger partial charge in [-0.05, 0) is 13.0 Å². The zero-order valence-electron chi connectivity index (χ0n) is 10.6. The Morgan fingerprint density at radius 2 is 2.24 bits per heavy atom. The number of hydrogen-bond donors (Lipinski definition) is 1. The van der Waals surface area contributed by atoms with Gasteiger partial charge >= 0.3 is 5.97 Å². The number of likely N-dealkylation sites (N-methyl/N-ethyl adjacent to an activating group) is 1. The maximum atomic E-state index is 12.0. The number of carboxylic acid groups (broad SMARTS) is 1. The summed E-state index contributed by atoms with van der Waals surface area (Å²) in [4.78, 5) is 13.2. The summed E-state index contributed by atoms with van der Waals surface area (Å²) in [7, 11) is 0.600. The van der Waals surface area contributed by atoms with Crippen molar-refractivity contribution < 1.29 is 18.8 Å². The quantitative estimate of drug-likeness (QED) is 0.766. The third kappa shape index (κ3) is 4.37. The third-order valence-electron chi connectivity index (χ3n) is 2.82. The van der Waals surface area contributed by atoms with E-state index in [4.69, 9.17) is 9.84 Å². The van der Waals surface area contributed by atoms with Crippen molar-refractivity contribution in [2.24, 2.45) is 5.92 Å². The summed E-state index contributed by atoms with van der Waals surface area (Å²) in [5.41, 5.74) is 0. The Labute approximate surface area is 105 Å². The van der Waals surface area contributed by atoms with Crippen LogP contribution in [0.4, 0.5) is 0 Å². The Balaban J connectivity index is 2.54. The molecule has 0 aliphatic carbocycles. The van der Waals surface area contributed by atoms with Gasteiger partial charge in [0.05, 0.1) is 18.5 Å². The highest BCUT2D eigenvalue weighted by molar-refractivity contribution is 7.86. The Hall–Kier alpha value is -0.460. The van der Waals surface area contributed by atoms with Crippen LogP contribution in [0.25, 0.3) is 0 Å². The van der Waals surface area contributed by atoms with E-state index in [0.29, 0.717) is 12.4 Å². The Morgan fingerprint density at radius 1 is 1.59 bits per heavy atom. The number of rotatable bonds is 5. The molecule has 0 aromatic carbocycles. The minimum Gasteiger partial charge on any atom is -0.480 e. The standard InChI is InChI=1S/C11H21NO4S/c1-8(2)10(11(13)14)17(15)7-9-6-12(3)4-5-16-9/h8-10H,4-7H2,1-3H3,(H,13,14). The smallest absolute Gasteiger partial charge is 0.319 e. The van der Waals surface area contributed by atoms with Gasteiger partial charge in [-0.25, -0.2) is 0 Å². The molecule has 3 unspecified atom stereocenters. The lowest BCUT2D eigenvalue weighted by Crippen LogP contribution is -2.44. The molecule has 17 heavy (non-hydrogen) atoms. The van der Waals surface area contributed by atoms with Crippen LogP contribution in [0, 0.1) is 5.92 Å². The van der Waals surface area contributed by atoms with Crippen molar-refractivity contribution in [3.8, 4) is 0 Å². The maximum absolute atomic E-state index is 12.0. The van der Waals surface area contributed by atoms with Crippen LogP contribution in [-0.2, 0) is 20.3 Å². The Bertz CT molecular complexity index is 295. The monoisotopic (exact) mass is 263 g/mol. The van der Waals surface area contributed by atoms with Crippen LogP contribution >= 0.6 is 0 Å². The molecule has 0 saturated carbocycles. The number of aliphatic carboxylic acids is 1. The van der Waals surface area contributed by atoms with Crippen molar-refractivity contribution in [2.75, 3.05) is 32.5 Å². The molecule has 0 aromatic rings. The zero-order valence-corrected chi connectivity index (χ0v) is 11.4. The molecule has 1 heterocycles. The molecule has 1 aliphatic rings. The van der Waals surface area contributed by atoms with Gasteiger partial charge in [0.25, 0.3) is 0 Å². The predicted octanol–water partition coefficient (Wildman–Crippen LogP) is 0.175. The molecule has 1 fully saturated rings. The summed E-state index contributed by atoms with van der Waals surface area (Å²) in [5.74, 6) is -0.809. The summed E-state index contributed by atoms with van der Waals surface area (Å²) in [6.07, 6.45) is -0.116. The van der Waals surface area contributed by atoms with E-state index in [9.17, 15) is 9.00 Å². The molecular formula is C11H21NO4S. The molecule has 100 valence electrons. The summed E-state index contributed by atoms with van der Waals surface area (Å²) in [6.45, 7) is 5.78. The van der Waals surface area contributed by atoms with Gasteiger partial charge in [0, 0.05) is 23.9 Å². The highest BCUT2D eigenvalue weighted by Gasteiger charge is 2.31. The van der Waals surface area contributed by atoms with E-state index in [1.807, 2.05) is 7.05 Å². The second-order valence-corrected chi connectivity index (χ2v) is 6.41. The van der Waals surface area contributed by atoms with Gasteiger partial charge in [0.2, 0.25) is 0 Å². The summed E-state index contributed by atoms with van der Waals surface area (Å²) >= 11 is 0. The summed E-state index contributed by atoms with van der Waals surface area (Å²) < 4.78 is 17.5. The fraction of sp³-hybridized carbons (Fsp3) is 0.909. The lowest BCUT2D eigenvalue weighted by atomic mass is 10.1. The van der Waals surface area contributed by atoms with Gasteiger partial charge in [-0.1, -0.05) is 13.8 Å². The van der Waals surface area contributed by atoms with Crippen molar-refractivity contribution in [1.29, 1.82) is 0 Å². The fourth-order valence-corrected chi connectivity index (χ4v) is 3.56. The van der Waals surface area contributed by atoms with Crippen LogP contribution < -0.4 is 0 Å². The van der Waals surface area contributed by atoms with Crippen molar-refractivity contribution in [2.45, 2.75) is 25.2 Å². The van der Waals surface area contributed by atoms with Gasteiger partial charge in [-0.2, -0.15) is 0 Å². The van der Waals surface area contributed by atoms with E-state index in [-0.39, 0.29) is 12.0 Å². The molecule has 0 aromatic heterocycles. The van der Waals surface area contributed by atoms with Crippen molar-refractivity contribution in [1.82, 2.24) is 4.90 Å². The summed E-state index contributed by atoms with van der Waals surface area (Å²) in [6, 6.07) is 0. The third-order valence-corrected chi connectivity index (χ3v) is 4.84. The molecule has 0 amide bonds. The van der Waals surface area contributed by atoms with Crippen LogP contribution in [0.1, 0.15) is 13.8 Å². The Kier molecular flexibility index (Phi) is 5.55. The largest absolute Gasteiger partial charge is 0.480 e. The summed E-state index contributed by atoms with van der Waals surface area (Å²) in [5, 5.41) is 8.25. The van der Waals surface area contributed by atoms with Crippen molar-refractivity contribution in [3.63, 3.8) is 0 Å². The molecule has 0 spiro atoms. The first-order valence-electron chi connectivity index (χ1n) is 5.82. The van der Waals surface area contributed by atoms with Crippen LogP contribution in [0.5, 0.6) is 0 Å². The fourth-order valence-electron chi connectivity index (χ4n) is 1.96. The van der Waals surface area contributed by atoms with Gasteiger partial charge in [0.15, 0.2) is 0 Å². The number of ether oxygens (including phenoxy) is 1. The first-order valence-corrected chi connectivity index (χ1v) is 7.20. The molecule has 1 aliphatic heterocycles. The predicted molar refractivity (Wildman–Crippen MR) is 66.5 cm³/mol. The second-order valence-electron chi connectivity index (χ2n) is 4.81. The van der Waals surface area contributed by atoms with E-state index in [0.717, 1.165) is 13.1 Å².